The second-order valence-electron chi connectivity index (χ2n) is 3.01. The lowest BCUT2D eigenvalue weighted by atomic mass is 10.2. The maximum atomic E-state index is 5.73. The van der Waals surface area contributed by atoms with Crippen LogP contribution in [0.5, 0.6) is 5.75 Å². The van der Waals surface area contributed by atoms with Crippen molar-refractivity contribution in [2.24, 2.45) is 0 Å². The first kappa shape index (κ1) is 12.4. The fraction of sp³-hybridized carbons (Fsp3) is 0.273. The molecule has 1 rings (SSSR count). The van der Waals surface area contributed by atoms with E-state index in [1.165, 1.54) is 11.1 Å². The summed E-state index contributed by atoms with van der Waals surface area (Å²) in [5, 5.41) is 3.77. The zero-order valence-electron chi connectivity index (χ0n) is 8.47. The third kappa shape index (κ3) is 4.56. The Hall–Kier alpha value is -0.700. The number of hydrogen-bond acceptors (Lipinski definition) is 2. The lowest BCUT2D eigenvalue weighted by Crippen LogP contribution is -2.14. The number of benzene rings is 1. The van der Waals surface area contributed by atoms with Crippen LogP contribution >= 0.6 is 23.2 Å². The van der Waals surface area contributed by atoms with Crippen LogP contribution < -0.4 is 10.1 Å². The summed E-state index contributed by atoms with van der Waals surface area (Å²) in [5.41, 5.74) is 2.54. The number of methoxy groups -OCH3 is 1. The Kier molecular flexibility index (Phi) is 5.54. The molecule has 0 radical (unpaired) electrons. The summed E-state index contributed by atoms with van der Waals surface area (Å²) in [6.07, 6.45) is 0. The fourth-order valence-corrected chi connectivity index (χ4v) is 1.28. The van der Waals surface area contributed by atoms with Crippen molar-refractivity contribution in [2.45, 2.75) is 6.54 Å². The molecule has 0 aliphatic rings. The van der Waals surface area contributed by atoms with Crippen LogP contribution in [0.1, 0.15) is 5.56 Å². The van der Waals surface area contributed by atoms with Crippen molar-refractivity contribution in [3.8, 4) is 5.75 Å². The molecule has 0 spiro atoms. The largest absolute Gasteiger partial charge is 0.497 e. The predicted octanol–water partition coefficient (Wildman–Crippen LogP) is 3.10. The van der Waals surface area contributed by atoms with Crippen LogP contribution in [0.15, 0.2) is 34.8 Å². The van der Waals surface area contributed by atoms with Crippen molar-refractivity contribution in [2.75, 3.05) is 13.7 Å². The highest BCUT2D eigenvalue weighted by molar-refractivity contribution is 6.36. The summed E-state index contributed by atoms with van der Waals surface area (Å²) in [6, 6.07) is 7.86. The topological polar surface area (TPSA) is 21.3 Å². The highest BCUT2D eigenvalue weighted by Gasteiger charge is 1.95. The molecule has 0 heterocycles. The van der Waals surface area contributed by atoms with Gasteiger partial charge >= 0.3 is 0 Å². The minimum atomic E-state index is 0.580. The van der Waals surface area contributed by atoms with Gasteiger partial charge in [-0.15, -0.1) is 0 Å². The number of hydrogen-bond donors (Lipinski definition) is 1. The molecule has 82 valence electrons. The Morgan fingerprint density at radius 2 is 2.07 bits per heavy atom. The molecule has 0 aliphatic carbocycles. The molecule has 4 heteroatoms. The van der Waals surface area contributed by atoms with Gasteiger partial charge < -0.3 is 10.1 Å². The van der Waals surface area contributed by atoms with Gasteiger partial charge in [0.2, 0.25) is 0 Å². The Morgan fingerprint density at radius 1 is 1.40 bits per heavy atom. The number of rotatable bonds is 5. The molecule has 15 heavy (non-hydrogen) atoms. The zero-order chi connectivity index (χ0) is 11.1. The first-order valence-corrected chi connectivity index (χ1v) is 5.36. The van der Waals surface area contributed by atoms with Crippen LogP contribution in [-0.2, 0) is 6.54 Å². The standard InChI is InChI=1S/C11H13Cl2NO/c1-15-11-4-2-9(3-5-11)7-14-8-10(13)6-12/h2-6,14H,7-8H2,1H3. The second kappa shape index (κ2) is 6.72. The Morgan fingerprint density at radius 3 is 2.60 bits per heavy atom. The van der Waals surface area contributed by atoms with Gasteiger partial charge in [0.05, 0.1) is 7.11 Å². The van der Waals surface area contributed by atoms with E-state index in [1.807, 2.05) is 24.3 Å². The van der Waals surface area contributed by atoms with E-state index in [2.05, 4.69) is 5.32 Å². The van der Waals surface area contributed by atoms with Crippen LogP contribution in [0.3, 0.4) is 0 Å². The smallest absolute Gasteiger partial charge is 0.118 e. The molecule has 0 atom stereocenters. The molecule has 0 saturated carbocycles. The van der Waals surface area contributed by atoms with Gasteiger partial charge in [-0.1, -0.05) is 35.3 Å². The molecular weight excluding hydrogens is 233 g/mol. The molecule has 0 amide bonds. The van der Waals surface area contributed by atoms with E-state index in [4.69, 9.17) is 27.9 Å². The first-order valence-electron chi connectivity index (χ1n) is 4.54. The normalized spacial score (nSPS) is 11.5. The third-order valence-corrected chi connectivity index (χ3v) is 2.52. The summed E-state index contributed by atoms with van der Waals surface area (Å²) < 4.78 is 5.06. The summed E-state index contributed by atoms with van der Waals surface area (Å²) in [4.78, 5) is 0. The quantitative estimate of drug-likeness (QED) is 0.861. The average molecular weight is 246 g/mol. The molecule has 1 aromatic rings. The number of halogens is 2. The number of ether oxygens (including phenoxy) is 1. The molecule has 0 unspecified atom stereocenters. The summed E-state index contributed by atoms with van der Waals surface area (Å²) >= 11 is 11.1. The van der Waals surface area contributed by atoms with Gasteiger partial charge in [0.15, 0.2) is 0 Å². The van der Waals surface area contributed by atoms with E-state index >= 15 is 0 Å². The van der Waals surface area contributed by atoms with Crippen molar-refractivity contribution >= 4 is 23.2 Å². The van der Waals surface area contributed by atoms with E-state index in [1.54, 1.807) is 7.11 Å². The van der Waals surface area contributed by atoms with Crippen molar-refractivity contribution in [3.05, 3.63) is 40.4 Å². The first-order chi connectivity index (χ1) is 7.26. The molecule has 0 fully saturated rings. The van der Waals surface area contributed by atoms with Crippen LogP contribution in [-0.4, -0.2) is 13.7 Å². The van der Waals surface area contributed by atoms with Crippen LogP contribution in [0.25, 0.3) is 0 Å². The van der Waals surface area contributed by atoms with Gasteiger partial charge in [-0.05, 0) is 17.7 Å². The molecule has 1 aromatic carbocycles. The van der Waals surface area contributed by atoms with Crippen molar-refractivity contribution in [3.63, 3.8) is 0 Å². The van der Waals surface area contributed by atoms with E-state index in [0.717, 1.165) is 12.3 Å². The number of nitrogens with one attached hydrogen (secondary N) is 1. The van der Waals surface area contributed by atoms with Gasteiger partial charge in [-0.2, -0.15) is 0 Å². The van der Waals surface area contributed by atoms with E-state index in [9.17, 15) is 0 Å². The predicted molar refractivity (Wildman–Crippen MR) is 64.5 cm³/mol. The van der Waals surface area contributed by atoms with E-state index in [-0.39, 0.29) is 0 Å². The second-order valence-corrected chi connectivity index (χ2v) is 3.71. The SMILES string of the molecule is COc1ccc(CNCC(Cl)=CCl)cc1. The Bertz CT molecular complexity index is 322. The average Bonchev–Trinajstić information content (AvgIpc) is 2.29. The molecule has 0 aliphatic heterocycles. The lowest BCUT2D eigenvalue weighted by molar-refractivity contribution is 0.414. The molecule has 1 N–H and O–H groups in total. The summed E-state index contributed by atoms with van der Waals surface area (Å²) in [7, 11) is 1.65. The fourth-order valence-electron chi connectivity index (χ4n) is 1.11. The Balaban J connectivity index is 2.38. The summed E-state index contributed by atoms with van der Waals surface area (Å²) in [6.45, 7) is 1.34. The van der Waals surface area contributed by atoms with Gasteiger partial charge in [0.25, 0.3) is 0 Å². The lowest BCUT2D eigenvalue weighted by Gasteiger charge is -2.04. The third-order valence-electron chi connectivity index (χ3n) is 1.90. The van der Waals surface area contributed by atoms with E-state index < -0.39 is 0 Å². The van der Waals surface area contributed by atoms with Gasteiger partial charge in [0, 0.05) is 23.7 Å². The van der Waals surface area contributed by atoms with Gasteiger partial charge in [-0.3, -0.25) is 0 Å². The van der Waals surface area contributed by atoms with E-state index in [0.29, 0.717) is 11.6 Å². The van der Waals surface area contributed by atoms with Crippen molar-refractivity contribution in [1.82, 2.24) is 5.32 Å². The van der Waals surface area contributed by atoms with Gasteiger partial charge in [-0.25, -0.2) is 0 Å². The van der Waals surface area contributed by atoms with Gasteiger partial charge in [0.1, 0.15) is 5.75 Å². The molecule has 2 nitrogen and oxygen atoms in total. The molecule has 0 bridgehead atoms. The van der Waals surface area contributed by atoms with Crippen LogP contribution in [0.2, 0.25) is 0 Å². The highest BCUT2D eigenvalue weighted by Crippen LogP contribution is 2.11. The monoisotopic (exact) mass is 245 g/mol. The maximum absolute atomic E-state index is 5.73. The minimum Gasteiger partial charge on any atom is -0.497 e. The van der Waals surface area contributed by atoms with Crippen molar-refractivity contribution < 1.29 is 4.74 Å². The minimum absolute atomic E-state index is 0.580. The molecule has 0 saturated heterocycles. The molecular formula is C11H13Cl2NO. The summed E-state index contributed by atoms with van der Waals surface area (Å²) in [5.74, 6) is 0.859. The highest BCUT2D eigenvalue weighted by atomic mass is 35.5. The van der Waals surface area contributed by atoms with Crippen molar-refractivity contribution in [1.29, 1.82) is 0 Å². The van der Waals surface area contributed by atoms with Crippen LogP contribution in [0.4, 0.5) is 0 Å². The van der Waals surface area contributed by atoms with Crippen LogP contribution in [0, 0.1) is 0 Å². The molecule has 0 aromatic heterocycles. The zero-order valence-corrected chi connectivity index (χ0v) is 9.98. The Labute approximate surface area is 99.8 Å². The maximum Gasteiger partial charge on any atom is 0.118 e.